The van der Waals surface area contributed by atoms with Crippen molar-refractivity contribution in [3.05, 3.63) is 83.1 Å². The lowest BCUT2D eigenvalue weighted by atomic mass is 9.73. The Kier molecular flexibility index (Phi) is 7.43. The summed E-state index contributed by atoms with van der Waals surface area (Å²) < 4.78 is 16.6. The average molecular weight is 556 g/mol. The van der Waals surface area contributed by atoms with Gasteiger partial charge in [-0.2, -0.15) is 0 Å². The van der Waals surface area contributed by atoms with Crippen LogP contribution in [0.1, 0.15) is 48.7 Å². The van der Waals surface area contributed by atoms with Crippen LogP contribution in [0, 0.1) is 5.41 Å². The summed E-state index contributed by atoms with van der Waals surface area (Å²) in [4.78, 5) is 32.5. The number of rotatable bonds is 6. The number of ether oxygens (including phenoxy) is 3. The lowest BCUT2D eigenvalue weighted by Gasteiger charge is -2.37. The molecule has 2 aliphatic rings. The number of benzene rings is 3. The molecule has 0 spiro atoms. The first-order chi connectivity index (χ1) is 19.6. The molecule has 1 N–H and O–H groups in total. The fourth-order valence-corrected chi connectivity index (χ4v) is 5.82. The Bertz CT molecular complexity index is 1500. The summed E-state index contributed by atoms with van der Waals surface area (Å²) in [5.41, 5.74) is 4.89. The van der Waals surface area contributed by atoms with E-state index < -0.39 is 6.04 Å². The molecule has 0 fully saturated rings. The van der Waals surface area contributed by atoms with Crippen LogP contribution in [-0.4, -0.2) is 47.1 Å². The summed E-state index contributed by atoms with van der Waals surface area (Å²) in [5, 5.41) is 3.56. The summed E-state index contributed by atoms with van der Waals surface area (Å²) in [6.45, 7) is 4.21. The number of para-hydroxylation sites is 2. The molecule has 3 aromatic rings. The molecule has 1 amide bonds. The predicted molar refractivity (Wildman–Crippen MR) is 162 cm³/mol. The molecule has 0 aromatic heterocycles. The third-order valence-corrected chi connectivity index (χ3v) is 7.76. The van der Waals surface area contributed by atoms with Gasteiger partial charge in [-0.05, 0) is 53.8 Å². The highest BCUT2D eigenvalue weighted by Gasteiger charge is 2.43. The van der Waals surface area contributed by atoms with E-state index in [2.05, 4.69) is 19.2 Å². The van der Waals surface area contributed by atoms with Gasteiger partial charge in [-0.1, -0.05) is 38.1 Å². The van der Waals surface area contributed by atoms with Gasteiger partial charge in [0.2, 0.25) is 5.75 Å². The summed E-state index contributed by atoms with van der Waals surface area (Å²) in [6.07, 6.45) is 1.07. The molecule has 3 aromatic carbocycles. The molecular formula is C33H37N3O5. The molecule has 0 saturated carbocycles. The molecule has 0 unspecified atom stereocenters. The molecule has 1 atom stereocenters. The van der Waals surface area contributed by atoms with Gasteiger partial charge in [0.25, 0.3) is 5.91 Å². The highest BCUT2D eigenvalue weighted by atomic mass is 16.5. The van der Waals surface area contributed by atoms with Crippen LogP contribution in [0.15, 0.2) is 71.9 Å². The van der Waals surface area contributed by atoms with E-state index in [0.717, 1.165) is 22.6 Å². The zero-order chi connectivity index (χ0) is 29.5. The van der Waals surface area contributed by atoms with E-state index in [4.69, 9.17) is 14.2 Å². The van der Waals surface area contributed by atoms with E-state index in [0.29, 0.717) is 46.9 Å². The van der Waals surface area contributed by atoms with E-state index in [1.807, 2.05) is 67.5 Å². The molecule has 8 nitrogen and oxygen atoms in total. The van der Waals surface area contributed by atoms with Gasteiger partial charge in [-0.3, -0.25) is 14.5 Å². The van der Waals surface area contributed by atoms with E-state index in [9.17, 15) is 9.59 Å². The molecule has 8 heteroatoms. The Hall–Kier alpha value is -4.46. The second-order valence-corrected chi connectivity index (χ2v) is 11.5. The van der Waals surface area contributed by atoms with Crippen molar-refractivity contribution in [2.45, 2.75) is 32.7 Å². The van der Waals surface area contributed by atoms with Crippen LogP contribution in [0.3, 0.4) is 0 Å². The smallest absolute Gasteiger partial charge is 0.259 e. The third kappa shape index (κ3) is 5.10. The SMILES string of the molecule is COc1cc(C(=O)N2c3ccccc3NC3=C(C(=O)CC(C)(C)C3)[C@@H]2c2ccc(N(C)C)cc2)cc(OC)c1OC. The van der Waals surface area contributed by atoms with Crippen LogP contribution < -0.4 is 29.3 Å². The van der Waals surface area contributed by atoms with Crippen LogP contribution in [-0.2, 0) is 4.79 Å². The Labute approximate surface area is 241 Å². The summed E-state index contributed by atoms with van der Waals surface area (Å²) in [5.74, 6) is 0.875. The zero-order valence-electron chi connectivity index (χ0n) is 24.7. The monoisotopic (exact) mass is 555 g/mol. The van der Waals surface area contributed by atoms with Crippen LogP contribution >= 0.6 is 0 Å². The molecule has 214 valence electrons. The van der Waals surface area contributed by atoms with Gasteiger partial charge in [-0.25, -0.2) is 0 Å². The molecule has 41 heavy (non-hydrogen) atoms. The molecule has 5 rings (SSSR count). The first-order valence-corrected chi connectivity index (χ1v) is 13.6. The van der Waals surface area contributed by atoms with Crippen molar-refractivity contribution in [3.8, 4) is 17.2 Å². The second-order valence-electron chi connectivity index (χ2n) is 11.5. The Morgan fingerprint density at radius 2 is 1.56 bits per heavy atom. The van der Waals surface area contributed by atoms with E-state index in [-0.39, 0.29) is 17.1 Å². The van der Waals surface area contributed by atoms with Gasteiger partial charge in [0.05, 0.1) is 38.7 Å². The molecule has 1 heterocycles. The number of amides is 1. The topological polar surface area (TPSA) is 80.3 Å². The van der Waals surface area contributed by atoms with E-state index >= 15 is 0 Å². The predicted octanol–water partition coefficient (Wildman–Crippen LogP) is 6.24. The number of methoxy groups -OCH3 is 3. The normalized spacial score (nSPS) is 17.6. The van der Waals surface area contributed by atoms with Crippen molar-refractivity contribution in [1.29, 1.82) is 0 Å². The van der Waals surface area contributed by atoms with E-state index in [1.54, 1.807) is 17.0 Å². The van der Waals surface area contributed by atoms with Crippen LogP contribution in [0.25, 0.3) is 0 Å². The lowest BCUT2D eigenvalue weighted by Crippen LogP contribution is -2.39. The van der Waals surface area contributed by atoms with Crippen molar-refractivity contribution in [3.63, 3.8) is 0 Å². The van der Waals surface area contributed by atoms with Gasteiger partial charge >= 0.3 is 0 Å². The number of Topliss-reactive ketones (excluding diaryl/α,β-unsaturated/α-hetero) is 1. The Balaban J connectivity index is 1.78. The minimum atomic E-state index is -0.660. The Morgan fingerprint density at radius 3 is 2.15 bits per heavy atom. The molecule has 0 bridgehead atoms. The number of hydrogen-bond acceptors (Lipinski definition) is 7. The van der Waals surface area contributed by atoms with Crippen molar-refractivity contribution < 1.29 is 23.8 Å². The van der Waals surface area contributed by atoms with Gasteiger partial charge in [0.1, 0.15) is 0 Å². The number of nitrogens with one attached hydrogen (secondary N) is 1. The molecule has 1 aliphatic carbocycles. The summed E-state index contributed by atoms with van der Waals surface area (Å²) in [6, 6.07) is 18.4. The third-order valence-electron chi connectivity index (χ3n) is 7.76. The molecular weight excluding hydrogens is 518 g/mol. The molecule has 0 radical (unpaired) electrons. The maximum Gasteiger partial charge on any atom is 0.259 e. The van der Waals surface area contributed by atoms with Crippen molar-refractivity contribution >= 4 is 28.8 Å². The number of fused-ring (bicyclic) bond motifs is 1. The minimum absolute atomic E-state index is 0.0286. The largest absolute Gasteiger partial charge is 0.493 e. The standard InChI is InChI=1S/C33H37N3O5/c1-33(2)18-24-29(26(37)19-33)30(20-12-14-22(15-13-20)35(3)4)36(25-11-9-8-10-23(25)34-24)32(38)21-16-27(39-5)31(41-7)28(17-21)40-6/h8-17,30,34H,18-19H2,1-7H3/t30-/m0/s1. The molecule has 1 aliphatic heterocycles. The first kappa shape index (κ1) is 28.1. The van der Waals surface area contributed by atoms with Crippen molar-refractivity contribution in [2.75, 3.05) is 50.5 Å². The van der Waals surface area contributed by atoms with Gasteiger partial charge in [-0.15, -0.1) is 0 Å². The number of nitrogens with zero attached hydrogens (tertiary/aromatic N) is 2. The highest BCUT2D eigenvalue weighted by molar-refractivity contribution is 6.12. The summed E-state index contributed by atoms with van der Waals surface area (Å²) in [7, 11) is 8.52. The highest BCUT2D eigenvalue weighted by Crippen LogP contribution is 2.49. The number of carbonyl (C=O) groups excluding carboxylic acids is 2. The van der Waals surface area contributed by atoms with Crippen molar-refractivity contribution in [2.24, 2.45) is 5.41 Å². The van der Waals surface area contributed by atoms with Gasteiger partial charge < -0.3 is 24.4 Å². The van der Waals surface area contributed by atoms with Crippen LogP contribution in [0.4, 0.5) is 17.1 Å². The number of carbonyl (C=O) groups is 2. The fraction of sp³-hybridized carbons (Fsp3) is 0.333. The molecule has 0 saturated heterocycles. The van der Waals surface area contributed by atoms with E-state index in [1.165, 1.54) is 21.3 Å². The first-order valence-electron chi connectivity index (χ1n) is 13.6. The zero-order valence-corrected chi connectivity index (χ0v) is 24.7. The number of hydrogen-bond donors (Lipinski definition) is 1. The van der Waals surface area contributed by atoms with Crippen LogP contribution in [0.5, 0.6) is 17.2 Å². The number of allylic oxidation sites excluding steroid dienone is 1. The Morgan fingerprint density at radius 1 is 0.927 bits per heavy atom. The van der Waals surface area contributed by atoms with Crippen molar-refractivity contribution in [1.82, 2.24) is 0 Å². The maximum atomic E-state index is 14.7. The lowest BCUT2D eigenvalue weighted by molar-refractivity contribution is -0.118. The quantitative estimate of drug-likeness (QED) is 0.386. The maximum absolute atomic E-state index is 14.7. The van der Waals surface area contributed by atoms with Crippen LogP contribution in [0.2, 0.25) is 0 Å². The number of anilines is 3. The van der Waals surface area contributed by atoms with Gasteiger partial charge in [0, 0.05) is 43.0 Å². The van der Waals surface area contributed by atoms with Gasteiger partial charge in [0.15, 0.2) is 17.3 Å². The second kappa shape index (κ2) is 10.8. The fourth-order valence-electron chi connectivity index (χ4n) is 5.82. The minimum Gasteiger partial charge on any atom is -0.493 e. The summed E-state index contributed by atoms with van der Waals surface area (Å²) >= 11 is 0. The number of ketones is 1. The average Bonchev–Trinajstić information content (AvgIpc) is 3.09.